The van der Waals surface area contributed by atoms with Crippen LogP contribution < -0.4 is 0 Å². The molecule has 0 aromatic rings. The average molecular weight is 377 g/mol. The number of piperidine rings is 1. The normalized spacial score (nSPS) is 29.7. The molecule has 0 N–H and O–H groups in total. The first-order chi connectivity index (χ1) is 12.8. The molecule has 0 radical (unpaired) electrons. The predicted molar refractivity (Wildman–Crippen MR) is 104 cm³/mol. The quantitative estimate of drug-likeness (QED) is 0.739. The second-order valence-electron chi connectivity index (χ2n) is 10.2. The van der Waals surface area contributed by atoms with Crippen molar-refractivity contribution in [1.29, 1.82) is 0 Å². The molecule has 2 atom stereocenters. The molecule has 1 heterocycles. The van der Waals surface area contributed by atoms with Crippen LogP contribution in [0.4, 0.5) is 4.79 Å². The summed E-state index contributed by atoms with van der Waals surface area (Å²) in [6.07, 6.45) is 10.4. The molecule has 3 saturated carbocycles. The standard InChI is InChI=1S/C22H36N2O3/c1-22(2,3)27-21(26)23-12-10-17(11-13-23)24(16-8-9-16)20(25)19-14-18(19)15-6-4-5-7-15/h15-19H,4-14H2,1-3H3. The van der Waals surface area contributed by atoms with Crippen molar-refractivity contribution in [3.05, 3.63) is 0 Å². The van der Waals surface area contributed by atoms with Crippen molar-refractivity contribution < 1.29 is 14.3 Å². The predicted octanol–water partition coefficient (Wildman–Crippen LogP) is 4.20. The number of amides is 2. The Balaban J connectivity index is 1.32. The summed E-state index contributed by atoms with van der Waals surface area (Å²) in [5.74, 6) is 2.22. The zero-order valence-corrected chi connectivity index (χ0v) is 17.3. The minimum absolute atomic E-state index is 0.214. The van der Waals surface area contributed by atoms with Crippen LogP contribution in [-0.2, 0) is 9.53 Å². The number of hydrogen-bond acceptors (Lipinski definition) is 3. The first-order valence-corrected chi connectivity index (χ1v) is 11.1. The zero-order valence-electron chi connectivity index (χ0n) is 17.3. The lowest BCUT2D eigenvalue weighted by Gasteiger charge is -2.39. The summed E-state index contributed by atoms with van der Waals surface area (Å²) in [6.45, 7) is 7.12. The SMILES string of the molecule is CC(C)(C)OC(=O)N1CCC(N(C(=O)C2CC2C2CCCC2)C2CC2)CC1. The van der Waals surface area contributed by atoms with Gasteiger partial charge in [0.05, 0.1) is 0 Å². The van der Waals surface area contributed by atoms with Crippen LogP contribution in [0.25, 0.3) is 0 Å². The molecule has 4 aliphatic rings. The van der Waals surface area contributed by atoms with E-state index in [0.29, 0.717) is 42.9 Å². The molecule has 0 spiro atoms. The van der Waals surface area contributed by atoms with Crippen LogP contribution in [0.2, 0.25) is 0 Å². The topological polar surface area (TPSA) is 49.9 Å². The van der Waals surface area contributed by atoms with Gasteiger partial charge in [0, 0.05) is 31.1 Å². The van der Waals surface area contributed by atoms with Gasteiger partial charge in [-0.1, -0.05) is 25.7 Å². The van der Waals surface area contributed by atoms with Gasteiger partial charge in [-0.15, -0.1) is 0 Å². The summed E-state index contributed by atoms with van der Waals surface area (Å²) in [4.78, 5) is 29.7. The molecule has 1 saturated heterocycles. The molecule has 27 heavy (non-hydrogen) atoms. The van der Waals surface area contributed by atoms with Crippen molar-refractivity contribution in [1.82, 2.24) is 9.80 Å². The smallest absolute Gasteiger partial charge is 0.410 e. The largest absolute Gasteiger partial charge is 0.444 e. The Kier molecular flexibility index (Phi) is 5.15. The molecule has 5 heteroatoms. The summed E-state index contributed by atoms with van der Waals surface area (Å²) >= 11 is 0. The van der Waals surface area contributed by atoms with Gasteiger partial charge in [0.25, 0.3) is 0 Å². The van der Waals surface area contributed by atoms with E-state index >= 15 is 0 Å². The second-order valence-corrected chi connectivity index (χ2v) is 10.2. The third-order valence-electron chi connectivity index (χ3n) is 6.87. The van der Waals surface area contributed by atoms with Gasteiger partial charge in [0.15, 0.2) is 0 Å². The molecule has 4 fully saturated rings. The molecule has 0 bridgehead atoms. The summed E-state index contributed by atoms with van der Waals surface area (Å²) in [7, 11) is 0. The minimum atomic E-state index is -0.453. The fraction of sp³-hybridized carbons (Fsp3) is 0.909. The number of likely N-dealkylation sites (tertiary alicyclic amines) is 1. The molecule has 1 aliphatic heterocycles. The maximum Gasteiger partial charge on any atom is 0.410 e. The molecule has 2 unspecified atom stereocenters. The van der Waals surface area contributed by atoms with Crippen molar-refractivity contribution in [2.45, 2.75) is 96.2 Å². The van der Waals surface area contributed by atoms with E-state index in [2.05, 4.69) is 4.90 Å². The van der Waals surface area contributed by atoms with E-state index in [1.807, 2.05) is 25.7 Å². The van der Waals surface area contributed by atoms with Gasteiger partial charge in [-0.05, 0) is 64.7 Å². The number of carbonyl (C=O) groups is 2. The van der Waals surface area contributed by atoms with Crippen LogP contribution in [0, 0.1) is 17.8 Å². The highest BCUT2D eigenvalue weighted by atomic mass is 16.6. The monoisotopic (exact) mass is 376 g/mol. The fourth-order valence-electron chi connectivity index (χ4n) is 5.26. The van der Waals surface area contributed by atoms with Gasteiger partial charge in [-0.3, -0.25) is 4.79 Å². The van der Waals surface area contributed by atoms with Crippen molar-refractivity contribution in [3.63, 3.8) is 0 Å². The molecule has 0 aromatic carbocycles. The van der Waals surface area contributed by atoms with Crippen LogP contribution >= 0.6 is 0 Å². The highest BCUT2D eigenvalue weighted by Gasteiger charge is 2.52. The average Bonchev–Trinajstić information content (AvgIpc) is 3.53. The lowest BCUT2D eigenvalue weighted by molar-refractivity contribution is -0.137. The lowest BCUT2D eigenvalue weighted by atomic mass is 9.98. The molecule has 2 amide bonds. The highest BCUT2D eigenvalue weighted by molar-refractivity contribution is 5.82. The number of ether oxygens (including phenoxy) is 1. The molecule has 3 aliphatic carbocycles. The summed E-state index contributed by atoms with van der Waals surface area (Å²) in [6, 6.07) is 0.786. The molecule has 0 aromatic heterocycles. The van der Waals surface area contributed by atoms with E-state index in [0.717, 1.165) is 25.2 Å². The van der Waals surface area contributed by atoms with Crippen LogP contribution in [0.1, 0.15) is 78.6 Å². The third kappa shape index (κ3) is 4.43. The first-order valence-electron chi connectivity index (χ1n) is 11.1. The Hall–Kier alpha value is -1.26. The Morgan fingerprint density at radius 3 is 2.07 bits per heavy atom. The Labute approximate surface area is 163 Å². The van der Waals surface area contributed by atoms with E-state index < -0.39 is 5.60 Å². The van der Waals surface area contributed by atoms with Gasteiger partial charge < -0.3 is 14.5 Å². The molecular formula is C22H36N2O3. The van der Waals surface area contributed by atoms with E-state index in [4.69, 9.17) is 4.74 Å². The van der Waals surface area contributed by atoms with Gasteiger partial charge in [-0.25, -0.2) is 4.79 Å². The molecule has 5 nitrogen and oxygen atoms in total. The van der Waals surface area contributed by atoms with Gasteiger partial charge in [0.1, 0.15) is 5.60 Å². The Morgan fingerprint density at radius 2 is 1.52 bits per heavy atom. The summed E-state index contributed by atoms with van der Waals surface area (Å²) < 4.78 is 5.51. The van der Waals surface area contributed by atoms with E-state index in [1.54, 1.807) is 0 Å². The van der Waals surface area contributed by atoms with Crippen molar-refractivity contribution >= 4 is 12.0 Å². The maximum atomic E-state index is 13.3. The first kappa shape index (κ1) is 19.1. The maximum absolute atomic E-state index is 13.3. The van der Waals surface area contributed by atoms with E-state index in [-0.39, 0.29) is 6.09 Å². The third-order valence-corrected chi connectivity index (χ3v) is 6.87. The molecule has 152 valence electrons. The van der Waals surface area contributed by atoms with Crippen LogP contribution in [0.3, 0.4) is 0 Å². The van der Waals surface area contributed by atoms with Crippen LogP contribution in [-0.4, -0.2) is 52.6 Å². The van der Waals surface area contributed by atoms with Crippen LogP contribution in [0.15, 0.2) is 0 Å². The Morgan fingerprint density at radius 1 is 0.926 bits per heavy atom. The van der Waals surface area contributed by atoms with E-state index in [1.165, 1.54) is 38.5 Å². The molecular weight excluding hydrogens is 340 g/mol. The van der Waals surface area contributed by atoms with Gasteiger partial charge in [0.2, 0.25) is 5.91 Å². The number of nitrogens with zero attached hydrogens (tertiary/aromatic N) is 2. The summed E-state index contributed by atoms with van der Waals surface area (Å²) in [5.41, 5.74) is -0.453. The molecule has 4 rings (SSSR count). The fourth-order valence-corrected chi connectivity index (χ4v) is 5.26. The lowest BCUT2D eigenvalue weighted by Crippen LogP contribution is -2.51. The second kappa shape index (κ2) is 7.29. The van der Waals surface area contributed by atoms with Crippen molar-refractivity contribution in [2.75, 3.05) is 13.1 Å². The van der Waals surface area contributed by atoms with Gasteiger partial charge >= 0.3 is 6.09 Å². The number of rotatable bonds is 4. The van der Waals surface area contributed by atoms with Crippen molar-refractivity contribution in [3.8, 4) is 0 Å². The van der Waals surface area contributed by atoms with E-state index in [9.17, 15) is 9.59 Å². The Bertz CT molecular complexity index is 567. The number of carbonyl (C=O) groups excluding carboxylic acids is 2. The van der Waals surface area contributed by atoms with Crippen molar-refractivity contribution in [2.24, 2.45) is 17.8 Å². The van der Waals surface area contributed by atoms with Crippen LogP contribution in [0.5, 0.6) is 0 Å². The summed E-state index contributed by atoms with van der Waals surface area (Å²) in [5, 5.41) is 0. The highest BCUT2D eigenvalue weighted by Crippen LogP contribution is 2.52. The van der Waals surface area contributed by atoms with Gasteiger partial charge in [-0.2, -0.15) is 0 Å². The minimum Gasteiger partial charge on any atom is -0.444 e. The zero-order chi connectivity index (χ0) is 19.2. The number of hydrogen-bond donors (Lipinski definition) is 0.